The Morgan fingerprint density at radius 1 is 0.511 bits per heavy atom. The maximum atomic E-state index is 2.59. The quantitative estimate of drug-likeness (QED) is 0.124. The van der Waals surface area contributed by atoms with E-state index in [-0.39, 0.29) is 21.7 Å². The summed E-state index contributed by atoms with van der Waals surface area (Å²) in [5.41, 5.74) is 6.23. The number of rotatable bonds is 17. The molecule has 1 aromatic heterocycles. The van der Waals surface area contributed by atoms with Crippen molar-refractivity contribution in [3.63, 3.8) is 0 Å². The first-order valence-electron chi connectivity index (χ1n) is 19.0. The van der Waals surface area contributed by atoms with E-state index in [2.05, 4.69) is 167 Å². The van der Waals surface area contributed by atoms with Crippen LogP contribution in [0, 0.1) is 10.8 Å². The van der Waals surface area contributed by atoms with Gasteiger partial charge >= 0.3 is 302 Å². The van der Waals surface area contributed by atoms with Gasteiger partial charge in [0, 0.05) is 0 Å². The van der Waals surface area contributed by atoms with Crippen molar-refractivity contribution < 1.29 is 0 Å². The van der Waals surface area contributed by atoms with Gasteiger partial charge in [-0.15, -0.1) is 0 Å². The van der Waals surface area contributed by atoms with Gasteiger partial charge < -0.3 is 0 Å². The van der Waals surface area contributed by atoms with Crippen molar-refractivity contribution in [3.05, 3.63) is 71.8 Å². The van der Waals surface area contributed by atoms with Gasteiger partial charge in [-0.2, -0.15) is 0 Å². The van der Waals surface area contributed by atoms with Gasteiger partial charge in [0.05, 0.1) is 0 Å². The molecule has 0 atom stereocenters. The second-order valence-corrected chi connectivity index (χ2v) is 33.6. The molecule has 0 spiro atoms. The van der Waals surface area contributed by atoms with Gasteiger partial charge in [0.2, 0.25) is 0 Å². The summed E-state index contributed by atoms with van der Waals surface area (Å²) in [5.74, 6) is 0. The van der Waals surface area contributed by atoms with Gasteiger partial charge in [0.15, 0.2) is 0 Å². The van der Waals surface area contributed by atoms with Gasteiger partial charge in [-0.1, -0.05) is 0 Å². The number of hydrogen-bond donors (Lipinski definition) is 0. The number of benzene rings is 2. The summed E-state index contributed by atoms with van der Waals surface area (Å²) >= 11 is -0.399. The van der Waals surface area contributed by atoms with Crippen LogP contribution in [-0.2, 0) is 10.8 Å². The van der Waals surface area contributed by atoms with Crippen molar-refractivity contribution in [1.29, 1.82) is 0 Å². The predicted octanol–water partition coefficient (Wildman–Crippen LogP) is 14.7. The van der Waals surface area contributed by atoms with Crippen LogP contribution < -0.4 is 7.79 Å². The molecule has 0 aliphatic heterocycles. The first-order valence-corrected chi connectivity index (χ1v) is 27.3. The zero-order chi connectivity index (χ0) is 35.1. The Morgan fingerprint density at radius 3 is 1.19 bits per heavy atom. The Morgan fingerprint density at radius 2 is 0.872 bits per heavy atom. The van der Waals surface area contributed by atoms with Crippen molar-refractivity contribution >= 4 is 49.0 Å². The van der Waals surface area contributed by atoms with Crippen LogP contribution in [0.3, 0.4) is 0 Å². The molecule has 1 nitrogen and oxygen atoms in total. The van der Waals surface area contributed by atoms with Gasteiger partial charge in [-0.25, -0.2) is 0 Å². The summed E-state index contributed by atoms with van der Waals surface area (Å²) in [5, 5.41) is 1.38. The van der Waals surface area contributed by atoms with Gasteiger partial charge in [-0.3, -0.25) is 0 Å². The summed E-state index contributed by atoms with van der Waals surface area (Å²) in [6.45, 7) is 30.9. The number of hydrogen-bond acceptors (Lipinski definition) is 2. The van der Waals surface area contributed by atoms with E-state index < -0.39 is 18.4 Å². The van der Waals surface area contributed by atoms with Gasteiger partial charge in [0.1, 0.15) is 0 Å². The van der Waals surface area contributed by atoms with Crippen molar-refractivity contribution in [3.8, 4) is 0 Å². The van der Waals surface area contributed by atoms with E-state index in [1.807, 2.05) is 0 Å². The van der Waals surface area contributed by atoms with Crippen LogP contribution in [0.5, 0.6) is 0 Å². The number of thiophene rings is 1. The molecule has 0 saturated heterocycles. The van der Waals surface area contributed by atoms with Crippen molar-refractivity contribution in [1.82, 2.24) is 0 Å². The number of nitrogens with zero attached hydrogens (tertiary/aromatic N) is 1. The molecule has 0 aliphatic carbocycles. The summed E-state index contributed by atoms with van der Waals surface area (Å²) in [4.78, 5) is 2.56. The van der Waals surface area contributed by atoms with Crippen LogP contribution in [0.15, 0.2) is 60.7 Å². The molecular weight excluding hydrogens is 693 g/mol. The van der Waals surface area contributed by atoms with E-state index in [0.29, 0.717) is 0 Å². The van der Waals surface area contributed by atoms with Gasteiger partial charge in [0.25, 0.3) is 0 Å². The fourth-order valence-electron chi connectivity index (χ4n) is 8.41. The second-order valence-electron chi connectivity index (χ2n) is 18.4. The monoisotopic (exact) mass is 765 g/mol. The third-order valence-electron chi connectivity index (χ3n) is 10.1. The summed E-state index contributed by atoms with van der Waals surface area (Å²) in [6.07, 6.45) is 10.5. The van der Waals surface area contributed by atoms with E-state index in [9.17, 15) is 0 Å². The molecule has 3 aromatic rings. The first kappa shape index (κ1) is 40.2. The predicted molar refractivity (Wildman–Crippen MR) is 218 cm³/mol. The van der Waals surface area contributed by atoms with Crippen LogP contribution >= 0.6 is 11.3 Å². The third-order valence-corrected chi connectivity index (χ3v) is 29.5. The summed E-state index contributed by atoms with van der Waals surface area (Å²) in [7, 11) is 0. The molecule has 262 valence electrons. The Bertz CT molecular complexity index is 1250. The molecule has 3 heteroatoms. The van der Waals surface area contributed by atoms with E-state index >= 15 is 0 Å². The van der Waals surface area contributed by atoms with E-state index in [0.717, 1.165) is 12.8 Å². The molecule has 0 amide bonds. The molecule has 0 bridgehead atoms. The normalized spacial score (nSPS) is 13.3. The fourth-order valence-corrected chi connectivity index (χ4v) is 28.5. The topological polar surface area (TPSA) is 3.24 Å². The minimum atomic E-state index is -2.54. The van der Waals surface area contributed by atoms with Crippen LogP contribution in [0.2, 0.25) is 13.3 Å². The SMILES string of the molecule is CCC[CH2][Sn]([CH2]CCC)([CH2]CCC)[c]1ccc(N(c2ccc(C(C)(C)CC(C)(C)C)cc2)c2ccc(C(C)(C)CC(C)(C)C)cc2)s1. The maximum absolute atomic E-state index is 2.59. The van der Waals surface area contributed by atoms with Crippen LogP contribution in [-0.4, -0.2) is 18.4 Å². The summed E-state index contributed by atoms with van der Waals surface area (Å²) in [6, 6.07) is 24.2. The molecule has 0 saturated carbocycles. The van der Waals surface area contributed by atoms with Crippen LogP contribution in [0.25, 0.3) is 0 Å². The standard InChI is InChI=1S/C32H44NS.3C4H9.Sn/c1-29(2,3)22-31(7,8)24-13-17-26(18-14-24)33(28-12-11-21-34-28)27-19-15-25(16-20-27)32(9,10)23-30(4,5)6;3*1-3-4-2;/h11-20H,22-23H2,1-10H3;3*1,3-4H2,2H3;. The molecule has 2 aromatic carbocycles. The molecule has 0 radical (unpaired) electrons. The number of anilines is 3. The van der Waals surface area contributed by atoms with Crippen molar-refractivity contribution in [2.45, 2.75) is 166 Å². The Hall–Kier alpha value is -1.26. The average molecular weight is 765 g/mol. The third kappa shape index (κ3) is 11.4. The van der Waals surface area contributed by atoms with Crippen LogP contribution in [0.4, 0.5) is 16.4 Å². The Labute approximate surface area is 300 Å². The van der Waals surface area contributed by atoms with E-state index in [1.165, 1.54) is 79.3 Å². The number of unbranched alkanes of at least 4 members (excludes halogenated alkanes) is 3. The molecule has 1 heterocycles. The second kappa shape index (κ2) is 16.6. The Kier molecular flexibility index (Phi) is 14.2. The van der Waals surface area contributed by atoms with Crippen molar-refractivity contribution in [2.75, 3.05) is 4.90 Å². The van der Waals surface area contributed by atoms with Crippen molar-refractivity contribution in [2.24, 2.45) is 10.8 Å². The fraction of sp³-hybridized carbons (Fsp3) is 0.636. The zero-order valence-electron chi connectivity index (χ0n) is 32.9. The first-order chi connectivity index (χ1) is 21.9. The Balaban J connectivity index is 2.13. The molecule has 0 unspecified atom stereocenters. The van der Waals surface area contributed by atoms with Gasteiger partial charge in [-0.05, 0) is 0 Å². The van der Waals surface area contributed by atoms with Crippen LogP contribution in [0.1, 0.15) is 153 Å². The molecule has 0 N–H and O–H groups in total. The summed E-state index contributed by atoms with van der Waals surface area (Å²) < 4.78 is 6.35. The average Bonchev–Trinajstić information content (AvgIpc) is 3.45. The molecule has 0 aliphatic rings. The zero-order valence-corrected chi connectivity index (χ0v) is 36.6. The minimum absolute atomic E-state index is 0.129. The van der Waals surface area contributed by atoms with E-state index in [1.54, 1.807) is 2.89 Å². The molecule has 0 fully saturated rings. The van der Waals surface area contributed by atoms with E-state index in [4.69, 9.17) is 0 Å². The molecule has 3 rings (SSSR count). The molecular formula is C44H71NSSn. The molecule has 47 heavy (non-hydrogen) atoms.